The van der Waals surface area contributed by atoms with Crippen molar-refractivity contribution in [2.24, 2.45) is 0 Å². The predicted molar refractivity (Wildman–Crippen MR) is 102 cm³/mol. The Morgan fingerprint density at radius 1 is 1.08 bits per heavy atom. The number of aromatic nitrogens is 1. The molecule has 26 heavy (non-hydrogen) atoms. The van der Waals surface area contributed by atoms with Gasteiger partial charge in [0.25, 0.3) is 5.91 Å². The summed E-state index contributed by atoms with van der Waals surface area (Å²) >= 11 is 7.50. The molecule has 1 amide bonds. The third-order valence-corrected chi connectivity index (χ3v) is 5.01. The zero-order valence-electron chi connectivity index (χ0n) is 14.3. The number of nitrogens with zero attached hydrogens (tertiary/aromatic N) is 1. The Bertz CT molecular complexity index is 938. The van der Waals surface area contributed by atoms with E-state index in [4.69, 9.17) is 25.8 Å². The number of ether oxygens (including phenoxy) is 3. The van der Waals surface area contributed by atoms with Crippen LogP contribution in [0.4, 0.5) is 5.13 Å². The number of anilines is 1. The van der Waals surface area contributed by atoms with Crippen LogP contribution in [0.5, 0.6) is 17.2 Å². The van der Waals surface area contributed by atoms with E-state index >= 15 is 0 Å². The highest BCUT2D eigenvalue weighted by atomic mass is 35.5. The Hall–Kier alpha value is -2.71. The lowest BCUT2D eigenvalue weighted by Gasteiger charge is -2.09. The number of carbonyl (C=O) groups is 1. The average Bonchev–Trinajstić information content (AvgIpc) is 3.11. The number of methoxy groups -OCH3 is 3. The Kier molecular flexibility index (Phi) is 5.34. The van der Waals surface area contributed by atoms with Crippen molar-refractivity contribution in [3.8, 4) is 17.2 Å². The molecule has 9 heteroatoms. The minimum absolute atomic E-state index is 0.362. The number of amides is 1. The SMILES string of the molecule is COc1cc(OC)cc(C(=O)NNc2nc3c(OC)ccc(Cl)c3s2)c1. The molecular weight excluding hydrogens is 378 g/mol. The van der Waals surface area contributed by atoms with Crippen molar-refractivity contribution in [1.29, 1.82) is 0 Å². The first kappa shape index (κ1) is 18.1. The van der Waals surface area contributed by atoms with E-state index in [1.165, 1.54) is 25.6 Å². The Morgan fingerprint density at radius 2 is 1.77 bits per heavy atom. The maximum atomic E-state index is 12.4. The van der Waals surface area contributed by atoms with E-state index in [2.05, 4.69) is 15.8 Å². The summed E-state index contributed by atoms with van der Waals surface area (Å²) in [6, 6.07) is 8.39. The number of halogens is 1. The molecule has 136 valence electrons. The first-order valence-electron chi connectivity index (χ1n) is 7.48. The van der Waals surface area contributed by atoms with Gasteiger partial charge in [0.05, 0.1) is 31.1 Å². The van der Waals surface area contributed by atoms with Crippen molar-refractivity contribution in [2.75, 3.05) is 26.8 Å². The Balaban J connectivity index is 1.80. The molecule has 0 saturated heterocycles. The van der Waals surface area contributed by atoms with Crippen molar-refractivity contribution in [1.82, 2.24) is 10.4 Å². The molecule has 2 N–H and O–H groups in total. The average molecular weight is 394 g/mol. The van der Waals surface area contributed by atoms with Gasteiger partial charge in [-0.1, -0.05) is 22.9 Å². The van der Waals surface area contributed by atoms with Gasteiger partial charge in [-0.3, -0.25) is 15.6 Å². The van der Waals surface area contributed by atoms with Crippen LogP contribution in [0.15, 0.2) is 30.3 Å². The van der Waals surface area contributed by atoms with Crippen LogP contribution in [-0.2, 0) is 0 Å². The van der Waals surface area contributed by atoms with Crippen LogP contribution in [0.1, 0.15) is 10.4 Å². The molecule has 0 aliphatic carbocycles. The lowest BCUT2D eigenvalue weighted by Crippen LogP contribution is -2.29. The van der Waals surface area contributed by atoms with Crippen LogP contribution in [0.2, 0.25) is 5.02 Å². The molecule has 1 heterocycles. The lowest BCUT2D eigenvalue weighted by atomic mass is 10.2. The maximum Gasteiger partial charge on any atom is 0.269 e. The van der Waals surface area contributed by atoms with Gasteiger partial charge < -0.3 is 14.2 Å². The smallest absolute Gasteiger partial charge is 0.269 e. The molecular formula is C17H16ClN3O4S. The van der Waals surface area contributed by atoms with Crippen molar-refractivity contribution in [2.45, 2.75) is 0 Å². The van der Waals surface area contributed by atoms with E-state index in [1.807, 2.05) is 0 Å². The second-order valence-electron chi connectivity index (χ2n) is 5.13. The van der Waals surface area contributed by atoms with Crippen LogP contribution < -0.4 is 25.1 Å². The van der Waals surface area contributed by atoms with Crippen LogP contribution >= 0.6 is 22.9 Å². The quantitative estimate of drug-likeness (QED) is 0.621. The molecule has 0 unspecified atom stereocenters. The summed E-state index contributed by atoms with van der Waals surface area (Å²) in [6.45, 7) is 0. The van der Waals surface area contributed by atoms with Gasteiger partial charge in [-0.25, -0.2) is 4.98 Å². The standard InChI is InChI=1S/C17H16ClN3O4S/c1-23-10-6-9(7-11(8-10)24-2)16(22)20-21-17-19-14-13(25-3)5-4-12(18)15(14)26-17/h4-8H,1-3H3,(H,19,21)(H,20,22). The number of fused-ring (bicyclic) bond motifs is 1. The Morgan fingerprint density at radius 3 is 2.38 bits per heavy atom. The highest BCUT2D eigenvalue weighted by Crippen LogP contribution is 2.37. The predicted octanol–water partition coefficient (Wildman–Crippen LogP) is 3.73. The van der Waals surface area contributed by atoms with E-state index in [9.17, 15) is 4.79 Å². The first-order chi connectivity index (χ1) is 12.5. The molecule has 0 spiro atoms. The maximum absolute atomic E-state index is 12.4. The molecule has 0 radical (unpaired) electrons. The second-order valence-corrected chi connectivity index (χ2v) is 6.53. The largest absolute Gasteiger partial charge is 0.497 e. The molecule has 7 nitrogen and oxygen atoms in total. The van der Waals surface area contributed by atoms with Gasteiger partial charge in [0.1, 0.15) is 22.8 Å². The molecule has 0 aliphatic rings. The van der Waals surface area contributed by atoms with Crippen LogP contribution in [0.3, 0.4) is 0 Å². The third-order valence-electron chi connectivity index (χ3n) is 3.58. The minimum Gasteiger partial charge on any atom is -0.497 e. The van der Waals surface area contributed by atoms with Gasteiger partial charge in [-0.2, -0.15) is 0 Å². The monoisotopic (exact) mass is 393 g/mol. The minimum atomic E-state index is -0.362. The number of hydrazine groups is 1. The fraction of sp³-hybridized carbons (Fsp3) is 0.176. The van der Waals surface area contributed by atoms with Gasteiger partial charge >= 0.3 is 0 Å². The topological polar surface area (TPSA) is 81.7 Å². The molecule has 0 bridgehead atoms. The third kappa shape index (κ3) is 3.61. The lowest BCUT2D eigenvalue weighted by molar-refractivity contribution is 0.0962. The van der Waals surface area contributed by atoms with Crippen LogP contribution in [0.25, 0.3) is 10.2 Å². The molecule has 2 aromatic carbocycles. The van der Waals surface area contributed by atoms with Gasteiger partial charge in [-0.15, -0.1) is 0 Å². The number of hydrogen-bond donors (Lipinski definition) is 2. The normalized spacial score (nSPS) is 10.5. The fourth-order valence-electron chi connectivity index (χ4n) is 2.29. The molecule has 0 saturated carbocycles. The first-order valence-corrected chi connectivity index (χ1v) is 8.67. The van der Waals surface area contributed by atoms with Crippen molar-refractivity contribution < 1.29 is 19.0 Å². The highest BCUT2D eigenvalue weighted by Gasteiger charge is 2.14. The van der Waals surface area contributed by atoms with Gasteiger partial charge in [0, 0.05) is 11.6 Å². The van der Waals surface area contributed by atoms with Gasteiger partial charge in [0.15, 0.2) is 0 Å². The highest BCUT2D eigenvalue weighted by molar-refractivity contribution is 7.22. The molecule has 0 aliphatic heterocycles. The number of rotatable bonds is 6. The fourth-order valence-corrected chi connectivity index (χ4v) is 3.40. The van der Waals surface area contributed by atoms with E-state index in [0.717, 1.165) is 4.70 Å². The summed E-state index contributed by atoms with van der Waals surface area (Å²) in [5.74, 6) is 1.29. The summed E-state index contributed by atoms with van der Waals surface area (Å²) in [5.41, 5.74) is 6.41. The van der Waals surface area contributed by atoms with Crippen molar-refractivity contribution in [3.63, 3.8) is 0 Å². The molecule has 3 aromatic rings. The zero-order chi connectivity index (χ0) is 18.7. The number of benzene rings is 2. The summed E-state index contributed by atoms with van der Waals surface area (Å²) < 4.78 is 16.4. The molecule has 0 atom stereocenters. The van der Waals surface area contributed by atoms with E-state index in [0.29, 0.717) is 38.5 Å². The Labute approximate surface area is 158 Å². The summed E-state index contributed by atoms with van der Waals surface area (Å²) in [7, 11) is 4.60. The summed E-state index contributed by atoms with van der Waals surface area (Å²) in [5, 5.41) is 1.05. The van der Waals surface area contributed by atoms with Crippen molar-refractivity contribution >= 4 is 44.2 Å². The molecule has 0 fully saturated rings. The zero-order valence-corrected chi connectivity index (χ0v) is 15.8. The van der Waals surface area contributed by atoms with E-state index in [1.54, 1.807) is 37.4 Å². The van der Waals surface area contributed by atoms with E-state index in [-0.39, 0.29) is 5.91 Å². The second kappa shape index (κ2) is 7.67. The number of hydrogen-bond acceptors (Lipinski definition) is 7. The summed E-state index contributed by atoms with van der Waals surface area (Å²) in [6.07, 6.45) is 0. The number of nitrogens with one attached hydrogen (secondary N) is 2. The van der Waals surface area contributed by atoms with Crippen LogP contribution in [0, 0.1) is 0 Å². The molecule has 1 aromatic heterocycles. The van der Waals surface area contributed by atoms with E-state index < -0.39 is 0 Å². The number of carbonyl (C=O) groups excluding carboxylic acids is 1. The summed E-state index contributed by atoms with van der Waals surface area (Å²) in [4.78, 5) is 16.8. The number of thiazole rings is 1. The van der Waals surface area contributed by atoms with Crippen LogP contribution in [-0.4, -0.2) is 32.2 Å². The van der Waals surface area contributed by atoms with Gasteiger partial charge in [0.2, 0.25) is 5.13 Å². The van der Waals surface area contributed by atoms with Gasteiger partial charge in [-0.05, 0) is 24.3 Å². The molecule has 3 rings (SSSR count). The van der Waals surface area contributed by atoms with Crippen molar-refractivity contribution in [3.05, 3.63) is 40.9 Å².